The van der Waals surface area contributed by atoms with Gasteiger partial charge in [-0.2, -0.15) is 0 Å². The molecule has 0 radical (unpaired) electrons. The minimum Gasteiger partial charge on any atom is -0.481 e. The summed E-state index contributed by atoms with van der Waals surface area (Å²) < 4.78 is 0. The van der Waals surface area contributed by atoms with Crippen molar-refractivity contribution < 1.29 is 19.8 Å². The third kappa shape index (κ3) is 7.51. The molecule has 0 aromatic carbocycles. The molecule has 0 saturated heterocycles. The number of nitrogens with one attached hydrogen (secondary N) is 2. The Morgan fingerprint density at radius 1 is 1.40 bits per heavy atom. The normalized spacial score (nSPS) is 11.5. The van der Waals surface area contributed by atoms with E-state index in [9.17, 15) is 9.59 Å². The van der Waals surface area contributed by atoms with Gasteiger partial charge in [-0.15, -0.1) is 6.58 Å². The fourth-order valence-electron chi connectivity index (χ4n) is 0.913. The largest absolute Gasteiger partial charge is 0.481 e. The van der Waals surface area contributed by atoms with E-state index in [1.54, 1.807) is 0 Å². The van der Waals surface area contributed by atoms with Gasteiger partial charge in [0.25, 0.3) is 0 Å². The average Bonchev–Trinajstić information content (AvgIpc) is 2.20. The molecule has 0 aliphatic carbocycles. The van der Waals surface area contributed by atoms with Crippen molar-refractivity contribution in [3.63, 3.8) is 0 Å². The first kappa shape index (κ1) is 13.4. The van der Waals surface area contributed by atoms with Crippen LogP contribution >= 0.6 is 0 Å². The standard InChI is InChI=1S/C9H16N2O4/c1-2-3-10-9(15)11-5-7(6-12)4-8(13)14/h2,7,12H,1,3-6H2,(H,13,14)(H2,10,11,15). The summed E-state index contributed by atoms with van der Waals surface area (Å²) in [6.45, 7) is 3.63. The maximum atomic E-state index is 11.0. The predicted molar refractivity (Wildman–Crippen MR) is 54.4 cm³/mol. The Kier molecular flexibility index (Phi) is 7.00. The van der Waals surface area contributed by atoms with Crippen molar-refractivity contribution in [2.45, 2.75) is 6.42 Å². The first-order chi connectivity index (χ1) is 7.10. The number of aliphatic hydroxyl groups excluding tert-OH is 1. The summed E-state index contributed by atoms with van der Waals surface area (Å²) in [5, 5.41) is 22.2. The van der Waals surface area contributed by atoms with Gasteiger partial charge in [0.2, 0.25) is 0 Å². The van der Waals surface area contributed by atoms with Crippen LogP contribution < -0.4 is 10.6 Å². The van der Waals surface area contributed by atoms with Crippen LogP contribution in [0.5, 0.6) is 0 Å². The van der Waals surface area contributed by atoms with Crippen molar-refractivity contribution >= 4 is 12.0 Å². The molecule has 1 atom stereocenters. The highest BCUT2D eigenvalue weighted by Gasteiger charge is 2.12. The zero-order valence-electron chi connectivity index (χ0n) is 8.40. The molecule has 0 aliphatic rings. The molecular weight excluding hydrogens is 200 g/mol. The Bertz CT molecular complexity index is 230. The lowest BCUT2D eigenvalue weighted by Crippen LogP contribution is -2.39. The van der Waals surface area contributed by atoms with E-state index < -0.39 is 17.9 Å². The summed E-state index contributed by atoms with van der Waals surface area (Å²) in [5.74, 6) is -1.46. The summed E-state index contributed by atoms with van der Waals surface area (Å²) in [5.41, 5.74) is 0. The molecule has 0 aromatic heterocycles. The number of aliphatic carboxylic acids is 1. The molecule has 1 unspecified atom stereocenters. The monoisotopic (exact) mass is 216 g/mol. The molecule has 0 saturated carbocycles. The van der Waals surface area contributed by atoms with Crippen molar-refractivity contribution in [2.75, 3.05) is 19.7 Å². The van der Waals surface area contributed by atoms with E-state index in [4.69, 9.17) is 10.2 Å². The molecule has 6 heteroatoms. The lowest BCUT2D eigenvalue weighted by atomic mass is 10.1. The smallest absolute Gasteiger partial charge is 0.315 e. The van der Waals surface area contributed by atoms with Crippen LogP contribution in [0.1, 0.15) is 6.42 Å². The molecule has 15 heavy (non-hydrogen) atoms. The Morgan fingerprint density at radius 2 is 2.07 bits per heavy atom. The van der Waals surface area contributed by atoms with Gasteiger partial charge in [-0.25, -0.2) is 4.79 Å². The third-order valence-electron chi connectivity index (χ3n) is 1.68. The summed E-state index contributed by atoms with van der Waals surface area (Å²) in [4.78, 5) is 21.3. The van der Waals surface area contributed by atoms with Crippen LogP contribution in [0.25, 0.3) is 0 Å². The Morgan fingerprint density at radius 3 is 2.53 bits per heavy atom. The predicted octanol–water partition coefficient (Wildman–Crippen LogP) is -0.445. The fourth-order valence-corrected chi connectivity index (χ4v) is 0.913. The van der Waals surface area contributed by atoms with Crippen LogP contribution in [0.2, 0.25) is 0 Å². The van der Waals surface area contributed by atoms with Crippen molar-refractivity contribution in [3.05, 3.63) is 12.7 Å². The number of carbonyl (C=O) groups is 2. The van der Waals surface area contributed by atoms with Gasteiger partial charge in [-0.3, -0.25) is 4.79 Å². The Labute approximate surface area is 88.0 Å². The number of carboxylic acids is 1. The van der Waals surface area contributed by atoms with Crippen LogP contribution in [0.15, 0.2) is 12.7 Å². The quantitative estimate of drug-likeness (QED) is 0.433. The molecule has 0 fully saturated rings. The number of urea groups is 1. The highest BCUT2D eigenvalue weighted by Crippen LogP contribution is 1.99. The first-order valence-electron chi connectivity index (χ1n) is 4.55. The van der Waals surface area contributed by atoms with E-state index in [1.807, 2.05) is 0 Å². The zero-order chi connectivity index (χ0) is 11.7. The Hall–Kier alpha value is -1.56. The second-order valence-electron chi connectivity index (χ2n) is 3.03. The lowest BCUT2D eigenvalue weighted by molar-refractivity contribution is -0.138. The van der Waals surface area contributed by atoms with Crippen LogP contribution in [-0.2, 0) is 4.79 Å². The summed E-state index contributed by atoms with van der Waals surface area (Å²) in [6, 6.07) is -0.404. The van der Waals surface area contributed by atoms with Crippen LogP contribution in [0.4, 0.5) is 4.79 Å². The zero-order valence-corrected chi connectivity index (χ0v) is 8.40. The number of aliphatic hydroxyl groups is 1. The molecule has 2 amide bonds. The minimum atomic E-state index is -0.998. The molecule has 4 N–H and O–H groups in total. The van der Waals surface area contributed by atoms with Crippen molar-refractivity contribution in [1.29, 1.82) is 0 Å². The van der Waals surface area contributed by atoms with E-state index in [1.165, 1.54) is 6.08 Å². The summed E-state index contributed by atoms with van der Waals surface area (Å²) in [7, 11) is 0. The van der Waals surface area contributed by atoms with Crippen molar-refractivity contribution in [3.8, 4) is 0 Å². The molecule has 0 aliphatic heterocycles. The second kappa shape index (κ2) is 7.81. The van der Waals surface area contributed by atoms with Gasteiger partial charge in [-0.1, -0.05) is 6.08 Å². The molecule has 0 spiro atoms. The van der Waals surface area contributed by atoms with Gasteiger partial charge >= 0.3 is 12.0 Å². The lowest BCUT2D eigenvalue weighted by Gasteiger charge is -2.12. The maximum absolute atomic E-state index is 11.0. The van der Waals surface area contributed by atoms with Gasteiger partial charge in [0.1, 0.15) is 0 Å². The van der Waals surface area contributed by atoms with Gasteiger partial charge in [0.05, 0.1) is 6.42 Å². The number of amides is 2. The van der Waals surface area contributed by atoms with Crippen LogP contribution in [-0.4, -0.2) is 41.9 Å². The molecular formula is C9H16N2O4. The molecule has 6 nitrogen and oxygen atoms in total. The van der Waals surface area contributed by atoms with Crippen LogP contribution in [0, 0.1) is 5.92 Å². The molecule has 0 heterocycles. The number of hydrogen-bond donors (Lipinski definition) is 4. The molecule has 0 rings (SSSR count). The van der Waals surface area contributed by atoms with Gasteiger partial charge in [0.15, 0.2) is 0 Å². The highest BCUT2D eigenvalue weighted by atomic mass is 16.4. The van der Waals surface area contributed by atoms with E-state index >= 15 is 0 Å². The molecule has 0 bridgehead atoms. The molecule has 0 aromatic rings. The highest BCUT2D eigenvalue weighted by molar-refractivity contribution is 5.74. The van der Waals surface area contributed by atoms with Crippen LogP contribution in [0.3, 0.4) is 0 Å². The van der Waals surface area contributed by atoms with Gasteiger partial charge in [0, 0.05) is 25.6 Å². The average molecular weight is 216 g/mol. The maximum Gasteiger partial charge on any atom is 0.315 e. The van der Waals surface area contributed by atoms with E-state index in [-0.39, 0.29) is 19.6 Å². The van der Waals surface area contributed by atoms with E-state index in [2.05, 4.69) is 17.2 Å². The number of hydrogen-bond acceptors (Lipinski definition) is 3. The molecule has 86 valence electrons. The van der Waals surface area contributed by atoms with Crippen molar-refractivity contribution in [1.82, 2.24) is 10.6 Å². The summed E-state index contributed by atoms with van der Waals surface area (Å²) >= 11 is 0. The Balaban J connectivity index is 3.74. The SMILES string of the molecule is C=CCNC(=O)NCC(CO)CC(=O)O. The number of carboxylic acid groups (broad SMARTS) is 1. The van der Waals surface area contributed by atoms with E-state index in [0.717, 1.165) is 0 Å². The van der Waals surface area contributed by atoms with E-state index in [0.29, 0.717) is 6.54 Å². The first-order valence-corrected chi connectivity index (χ1v) is 4.55. The third-order valence-corrected chi connectivity index (χ3v) is 1.68. The number of rotatable bonds is 7. The topological polar surface area (TPSA) is 98.7 Å². The number of carbonyl (C=O) groups excluding carboxylic acids is 1. The minimum absolute atomic E-state index is 0.131. The van der Waals surface area contributed by atoms with Crippen molar-refractivity contribution in [2.24, 2.45) is 5.92 Å². The second-order valence-corrected chi connectivity index (χ2v) is 3.03. The fraction of sp³-hybridized carbons (Fsp3) is 0.556. The summed E-state index contributed by atoms with van der Waals surface area (Å²) in [6.07, 6.45) is 1.36. The van der Waals surface area contributed by atoms with Gasteiger partial charge in [-0.05, 0) is 0 Å². The van der Waals surface area contributed by atoms with Gasteiger partial charge < -0.3 is 20.8 Å².